The van der Waals surface area contributed by atoms with E-state index < -0.39 is 0 Å². The van der Waals surface area contributed by atoms with E-state index in [4.69, 9.17) is 10.5 Å². The summed E-state index contributed by atoms with van der Waals surface area (Å²) in [5.41, 5.74) is 1.53. The first-order chi connectivity index (χ1) is 5.24. The van der Waals surface area contributed by atoms with Crippen molar-refractivity contribution in [2.24, 2.45) is 0 Å². The molecule has 0 atom stereocenters. The molecule has 2 nitrogen and oxygen atoms in total. The number of hydrogen-bond donors (Lipinski definition) is 0. The third kappa shape index (κ3) is 3.95. The lowest BCUT2D eigenvalue weighted by atomic mass is 10.1. The molecule has 2 heteroatoms. The number of nitriles is 2. The first-order valence-corrected chi connectivity index (χ1v) is 3.35. The molecule has 0 amide bonds. The lowest BCUT2D eigenvalue weighted by Gasteiger charge is -1.91. The van der Waals surface area contributed by atoms with Crippen LogP contribution in [0.3, 0.4) is 0 Å². The fourth-order valence-corrected chi connectivity index (χ4v) is 0.638. The first kappa shape index (κ1) is 9.46. The Labute approximate surface area is 67.1 Å². The number of allylic oxidation sites excluding steroid dienone is 4. The fraction of sp³-hybridized carbons (Fsp3) is 0.333. The van der Waals surface area contributed by atoms with Crippen molar-refractivity contribution >= 4 is 0 Å². The molecule has 0 heterocycles. The van der Waals surface area contributed by atoms with E-state index in [1.54, 1.807) is 13.0 Å². The Morgan fingerprint density at radius 3 is 2.45 bits per heavy atom. The van der Waals surface area contributed by atoms with Crippen LogP contribution in [0.5, 0.6) is 0 Å². The molecule has 0 rings (SSSR count). The van der Waals surface area contributed by atoms with Gasteiger partial charge in [0.25, 0.3) is 0 Å². The average molecular weight is 146 g/mol. The van der Waals surface area contributed by atoms with Gasteiger partial charge in [0.2, 0.25) is 0 Å². The van der Waals surface area contributed by atoms with Crippen LogP contribution in [0.25, 0.3) is 0 Å². The van der Waals surface area contributed by atoms with Crippen molar-refractivity contribution in [3.63, 3.8) is 0 Å². The van der Waals surface area contributed by atoms with Crippen molar-refractivity contribution in [3.05, 3.63) is 23.3 Å². The first-order valence-electron chi connectivity index (χ1n) is 3.35. The predicted molar refractivity (Wildman–Crippen MR) is 43.4 cm³/mol. The maximum atomic E-state index is 8.42. The molecule has 0 aliphatic heterocycles. The Morgan fingerprint density at radius 1 is 1.45 bits per heavy atom. The Hall–Kier alpha value is -1.54. The lowest BCUT2D eigenvalue weighted by molar-refractivity contribution is 1.25. The summed E-state index contributed by atoms with van der Waals surface area (Å²) in [6.45, 7) is 3.58. The van der Waals surface area contributed by atoms with Crippen molar-refractivity contribution in [2.45, 2.75) is 20.3 Å². The van der Waals surface area contributed by atoms with Gasteiger partial charge in [0.1, 0.15) is 0 Å². The van der Waals surface area contributed by atoms with E-state index >= 15 is 0 Å². The summed E-state index contributed by atoms with van der Waals surface area (Å²) < 4.78 is 0. The summed E-state index contributed by atoms with van der Waals surface area (Å²) in [6, 6.07) is 4.02. The number of hydrogen-bond acceptors (Lipinski definition) is 2. The normalized spacial score (nSPS) is 12.0. The Morgan fingerprint density at radius 2 is 2.09 bits per heavy atom. The van der Waals surface area contributed by atoms with Crippen molar-refractivity contribution < 1.29 is 0 Å². The van der Waals surface area contributed by atoms with Gasteiger partial charge in [-0.1, -0.05) is 6.08 Å². The number of nitrogens with zero attached hydrogens (tertiary/aromatic N) is 2. The molecule has 0 aromatic carbocycles. The third-order valence-electron chi connectivity index (χ3n) is 1.23. The highest BCUT2D eigenvalue weighted by Crippen LogP contribution is 2.05. The summed E-state index contributed by atoms with van der Waals surface area (Å²) in [7, 11) is 0. The van der Waals surface area contributed by atoms with Gasteiger partial charge < -0.3 is 0 Å². The zero-order valence-electron chi connectivity index (χ0n) is 6.76. The summed E-state index contributed by atoms with van der Waals surface area (Å²) in [5.74, 6) is 0. The smallest absolute Gasteiger partial charge is 0.0944 e. The van der Waals surface area contributed by atoms with E-state index in [1.807, 2.05) is 25.1 Å². The monoisotopic (exact) mass is 146 g/mol. The highest BCUT2D eigenvalue weighted by atomic mass is 14.2. The molecule has 0 saturated carbocycles. The van der Waals surface area contributed by atoms with Crippen LogP contribution in [0.4, 0.5) is 0 Å². The highest BCUT2D eigenvalue weighted by Gasteiger charge is 1.90. The molecule has 0 saturated heterocycles. The second kappa shape index (κ2) is 5.26. The Bertz CT molecular complexity index is 258. The molecule has 0 fully saturated rings. The van der Waals surface area contributed by atoms with E-state index in [-0.39, 0.29) is 0 Å². The second-order valence-corrected chi connectivity index (χ2v) is 2.14. The van der Waals surface area contributed by atoms with Crippen molar-refractivity contribution in [3.8, 4) is 12.1 Å². The van der Waals surface area contributed by atoms with Crippen LogP contribution >= 0.6 is 0 Å². The summed E-state index contributed by atoms with van der Waals surface area (Å²) >= 11 is 0. The predicted octanol–water partition coefficient (Wildman–Crippen LogP) is 2.32. The van der Waals surface area contributed by atoms with E-state index in [0.717, 1.165) is 5.57 Å². The zero-order chi connectivity index (χ0) is 8.69. The van der Waals surface area contributed by atoms with Gasteiger partial charge in [0.05, 0.1) is 18.6 Å². The SMILES string of the molecule is C/C=C(\C=C(/C)C#N)CC#N. The molecule has 0 unspecified atom stereocenters. The average Bonchev–Trinajstić information content (AvgIpc) is 2.03. The highest BCUT2D eigenvalue weighted by molar-refractivity contribution is 5.31. The van der Waals surface area contributed by atoms with Gasteiger partial charge in [-0.2, -0.15) is 10.5 Å². The van der Waals surface area contributed by atoms with Crippen LogP contribution in [0.1, 0.15) is 20.3 Å². The van der Waals surface area contributed by atoms with E-state index in [0.29, 0.717) is 12.0 Å². The van der Waals surface area contributed by atoms with Gasteiger partial charge >= 0.3 is 0 Å². The van der Waals surface area contributed by atoms with Crippen LogP contribution in [0.2, 0.25) is 0 Å². The molecule has 0 aromatic heterocycles. The lowest BCUT2D eigenvalue weighted by Crippen LogP contribution is -1.77. The second-order valence-electron chi connectivity index (χ2n) is 2.14. The van der Waals surface area contributed by atoms with E-state index in [1.165, 1.54) is 0 Å². The van der Waals surface area contributed by atoms with Crippen molar-refractivity contribution in [2.75, 3.05) is 0 Å². The maximum Gasteiger partial charge on any atom is 0.0944 e. The minimum atomic E-state index is 0.371. The van der Waals surface area contributed by atoms with Crippen LogP contribution in [-0.4, -0.2) is 0 Å². The molecule has 11 heavy (non-hydrogen) atoms. The van der Waals surface area contributed by atoms with Crippen LogP contribution in [0.15, 0.2) is 23.3 Å². The summed E-state index contributed by atoms with van der Waals surface area (Å²) in [4.78, 5) is 0. The minimum Gasteiger partial charge on any atom is -0.198 e. The number of rotatable bonds is 2. The van der Waals surface area contributed by atoms with Gasteiger partial charge in [-0.05, 0) is 25.5 Å². The molecule has 0 N–H and O–H groups in total. The van der Waals surface area contributed by atoms with Crippen molar-refractivity contribution in [1.29, 1.82) is 10.5 Å². The largest absolute Gasteiger partial charge is 0.198 e. The minimum absolute atomic E-state index is 0.371. The van der Waals surface area contributed by atoms with Gasteiger partial charge in [0, 0.05) is 5.57 Å². The molecule has 56 valence electrons. The molecule has 0 aliphatic carbocycles. The molecule has 0 radical (unpaired) electrons. The van der Waals surface area contributed by atoms with Crippen LogP contribution < -0.4 is 0 Å². The summed E-state index contributed by atoms with van der Waals surface area (Å²) in [5, 5.41) is 16.8. The van der Waals surface area contributed by atoms with Crippen LogP contribution in [-0.2, 0) is 0 Å². The topological polar surface area (TPSA) is 47.6 Å². The standard InChI is InChI=1S/C9H10N2/c1-3-9(4-5-10)6-8(2)7-11/h3,6H,4H2,1-2H3/b8-6+,9-3-. The molecule has 0 spiro atoms. The molecular weight excluding hydrogens is 136 g/mol. The fourth-order valence-electron chi connectivity index (χ4n) is 0.638. The zero-order valence-corrected chi connectivity index (χ0v) is 6.76. The van der Waals surface area contributed by atoms with Gasteiger partial charge in [-0.3, -0.25) is 0 Å². The Balaban J connectivity index is 4.37. The van der Waals surface area contributed by atoms with Gasteiger partial charge in [-0.25, -0.2) is 0 Å². The molecule has 0 aromatic rings. The van der Waals surface area contributed by atoms with E-state index in [9.17, 15) is 0 Å². The summed E-state index contributed by atoms with van der Waals surface area (Å²) in [6.07, 6.45) is 3.93. The Kier molecular flexibility index (Phi) is 4.52. The quantitative estimate of drug-likeness (QED) is 0.443. The van der Waals surface area contributed by atoms with E-state index in [2.05, 4.69) is 0 Å². The molecular formula is C9H10N2. The van der Waals surface area contributed by atoms with Gasteiger partial charge in [0.15, 0.2) is 0 Å². The van der Waals surface area contributed by atoms with Gasteiger partial charge in [-0.15, -0.1) is 0 Å². The molecule has 0 bridgehead atoms. The van der Waals surface area contributed by atoms with Crippen molar-refractivity contribution in [1.82, 2.24) is 0 Å². The molecule has 0 aliphatic rings. The maximum absolute atomic E-state index is 8.42. The third-order valence-corrected chi connectivity index (χ3v) is 1.23. The van der Waals surface area contributed by atoms with Crippen LogP contribution in [0, 0.1) is 22.7 Å².